The van der Waals surface area contributed by atoms with Crippen molar-refractivity contribution in [3.05, 3.63) is 81.7 Å². The summed E-state index contributed by atoms with van der Waals surface area (Å²) >= 11 is 7.37. The summed E-state index contributed by atoms with van der Waals surface area (Å²) in [6, 6.07) is 15.7. The van der Waals surface area contributed by atoms with Gasteiger partial charge in [-0.2, -0.15) is 0 Å². The fourth-order valence-corrected chi connectivity index (χ4v) is 3.99. The molecule has 4 rings (SSSR count). The standard InChI is InChI=1S/C21H16ClN3O2S/c1-13(19(26)24-16-5-3-2-4-6-16)25-12-23-20-18(21(25)27)17(11-28-20)14-7-9-15(22)10-8-14/h2-13H,1H3,(H,24,26)/t13-/m0/s1. The van der Waals surface area contributed by atoms with Crippen LogP contribution in [0.2, 0.25) is 5.02 Å². The first-order valence-electron chi connectivity index (χ1n) is 8.65. The van der Waals surface area contributed by atoms with Gasteiger partial charge in [-0.1, -0.05) is 41.9 Å². The summed E-state index contributed by atoms with van der Waals surface area (Å²) in [5, 5.41) is 5.87. The summed E-state index contributed by atoms with van der Waals surface area (Å²) in [6.07, 6.45) is 1.43. The minimum absolute atomic E-state index is 0.244. The first-order chi connectivity index (χ1) is 13.5. The quantitative estimate of drug-likeness (QED) is 0.517. The highest BCUT2D eigenvalue weighted by atomic mass is 35.5. The number of hydrogen-bond donors (Lipinski definition) is 1. The van der Waals surface area contributed by atoms with Crippen molar-refractivity contribution in [2.75, 3.05) is 5.32 Å². The van der Waals surface area contributed by atoms with E-state index in [1.807, 2.05) is 35.7 Å². The molecule has 140 valence electrons. The Hall–Kier alpha value is -2.96. The molecule has 1 atom stereocenters. The van der Waals surface area contributed by atoms with Crippen LogP contribution in [-0.2, 0) is 4.79 Å². The van der Waals surface area contributed by atoms with E-state index in [0.717, 1.165) is 11.1 Å². The van der Waals surface area contributed by atoms with Crippen LogP contribution >= 0.6 is 22.9 Å². The van der Waals surface area contributed by atoms with Gasteiger partial charge in [-0.15, -0.1) is 11.3 Å². The number of thiophene rings is 1. The fourth-order valence-electron chi connectivity index (χ4n) is 2.96. The fraction of sp³-hybridized carbons (Fsp3) is 0.0952. The van der Waals surface area contributed by atoms with E-state index in [2.05, 4.69) is 10.3 Å². The lowest BCUT2D eigenvalue weighted by Gasteiger charge is -2.15. The molecule has 1 amide bonds. The zero-order valence-electron chi connectivity index (χ0n) is 14.9. The Bertz CT molecular complexity index is 1200. The van der Waals surface area contributed by atoms with Crippen molar-refractivity contribution in [2.24, 2.45) is 0 Å². The molecule has 2 heterocycles. The number of nitrogens with zero attached hydrogens (tertiary/aromatic N) is 2. The lowest BCUT2D eigenvalue weighted by molar-refractivity contribution is -0.118. The van der Waals surface area contributed by atoms with Gasteiger partial charge in [0.05, 0.1) is 11.7 Å². The van der Waals surface area contributed by atoms with E-state index >= 15 is 0 Å². The Kier molecular flexibility index (Phi) is 4.98. The van der Waals surface area contributed by atoms with Gasteiger partial charge in [-0.05, 0) is 36.8 Å². The summed E-state index contributed by atoms with van der Waals surface area (Å²) in [4.78, 5) is 30.8. The van der Waals surface area contributed by atoms with Crippen molar-refractivity contribution in [1.29, 1.82) is 0 Å². The molecule has 2 aromatic carbocycles. The van der Waals surface area contributed by atoms with Crippen LogP contribution in [0.3, 0.4) is 0 Å². The molecule has 0 spiro atoms. The lowest BCUT2D eigenvalue weighted by atomic mass is 10.1. The predicted molar refractivity (Wildman–Crippen MR) is 114 cm³/mol. The molecular weight excluding hydrogens is 394 g/mol. The molecule has 5 nitrogen and oxygen atoms in total. The Morgan fingerprint density at radius 1 is 1.14 bits per heavy atom. The third-order valence-electron chi connectivity index (χ3n) is 4.51. The summed E-state index contributed by atoms with van der Waals surface area (Å²) < 4.78 is 1.37. The minimum Gasteiger partial charge on any atom is -0.324 e. The number of halogens is 1. The second kappa shape index (κ2) is 7.58. The van der Waals surface area contributed by atoms with Crippen molar-refractivity contribution < 1.29 is 4.79 Å². The number of carbonyl (C=O) groups is 1. The Labute approximate surface area is 170 Å². The zero-order chi connectivity index (χ0) is 19.7. The largest absolute Gasteiger partial charge is 0.324 e. The Morgan fingerprint density at radius 3 is 2.57 bits per heavy atom. The van der Waals surface area contributed by atoms with E-state index in [0.29, 0.717) is 20.9 Å². The maximum Gasteiger partial charge on any atom is 0.263 e. The highest BCUT2D eigenvalue weighted by Crippen LogP contribution is 2.31. The van der Waals surface area contributed by atoms with Gasteiger partial charge in [-0.25, -0.2) is 4.98 Å². The number of anilines is 1. The van der Waals surface area contributed by atoms with Gasteiger partial charge in [0.25, 0.3) is 5.56 Å². The van der Waals surface area contributed by atoms with Gasteiger partial charge in [0.2, 0.25) is 5.91 Å². The van der Waals surface area contributed by atoms with E-state index in [1.54, 1.807) is 31.2 Å². The number of rotatable bonds is 4. The molecule has 0 saturated carbocycles. The van der Waals surface area contributed by atoms with Crippen LogP contribution in [0.5, 0.6) is 0 Å². The second-order valence-corrected chi connectivity index (χ2v) is 7.62. The molecule has 1 N–H and O–H groups in total. The minimum atomic E-state index is -0.706. The van der Waals surface area contributed by atoms with Crippen LogP contribution in [0.15, 0.2) is 71.1 Å². The van der Waals surface area contributed by atoms with Crippen molar-refractivity contribution in [3.8, 4) is 11.1 Å². The van der Waals surface area contributed by atoms with Crippen molar-refractivity contribution >= 4 is 44.7 Å². The average Bonchev–Trinajstić information content (AvgIpc) is 3.14. The van der Waals surface area contributed by atoms with Crippen LogP contribution in [-0.4, -0.2) is 15.5 Å². The SMILES string of the molecule is C[C@@H](C(=O)Nc1ccccc1)n1cnc2scc(-c3ccc(Cl)cc3)c2c1=O. The molecule has 0 aliphatic carbocycles. The van der Waals surface area contributed by atoms with Crippen molar-refractivity contribution in [1.82, 2.24) is 9.55 Å². The average molecular weight is 410 g/mol. The number of para-hydroxylation sites is 1. The number of hydrogen-bond acceptors (Lipinski definition) is 4. The topological polar surface area (TPSA) is 64.0 Å². The zero-order valence-corrected chi connectivity index (χ0v) is 16.5. The molecule has 0 radical (unpaired) electrons. The van der Waals surface area contributed by atoms with Gasteiger partial charge in [0, 0.05) is 21.7 Å². The molecule has 28 heavy (non-hydrogen) atoms. The van der Waals surface area contributed by atoms with E-state index in [1.165, 1.54) is 22.2 Å². The van der Waals surface area contributed by atoms with Crippen molar-refractivity contribution in [3.63, 3.8) is 0 Å². The number of amides is 1. The van der Waals surface area contributed by atoms with E-state index in [4.69, 9.17) is 11.6 Å². The lowest BCUT2D eigenvalue weighted by Crippen LogP contribution is -2.31. The first-order valence-corrected chi connectivity index (χ1v) is 9.90. The molecule has 0 fully saturated rings. The van der Waals surface area contributed by atoms with Gasteiger partial charge in [-0.3, -0.25) is 14.2 Å². The monoisotopic (exact) mass is 409 g/mol. The number of aromatic nitrogens is 2. The van der Waals surface area contributed by atoms with Crippen LogP contribution < -0.4 is 10.9 Å². The third-order valence-corrected chi connectivity index (χ3v) is 5.65. The number of carbonyl (C=O) groups excluding carboxylic acids is 1. The summed E-state index contributed by atoms with van der Waals surface area (Å²) in [7, 11) is 0. The number of nitrogens with one attached hydrogen (secondary N) is 1. The molecule has 0 aliphatic rings. The van der Waals surface area contributed by atoms with Gasteiger partial charge in [0.15, 0.2) is 0 Å². The molecule has 0 unspecified atom stereocenters. The molecule has 7 heteroatoms. The van der Waals surface area contributed by atoms with Gasteiger partial charge >= 0.3 is 0 Å². The third kappa shape index (κ3) is 3.44. The highest BCUT2D eigenvalue weighted by Gasteiger charge is 2.20. The predicted octanol–water partition coefficient (Wildman–Crippen LogP) is 4.98. The van der Waals surface area contributed by atoms with Crippen LogP contribution in [0, 0.1) is 0 Å². The van der Waals surface area contributed by atoms with Crippen LogP contribution in [0.4, 0.5) is 5.69 Å². The summed E-state index contributed by atoms with van der Waals surface area (Å²) in [5.41, 5.74) is 2.11. The second-order valence-electron chi connectivity index (χ2n) is 6.32. The molecule has 0 bridgehead atoms. The van der Waals surface area contributed by atoms with E-state index < -0.39 is 6.04 Å². The smallest absolute Gasteiger partial charge is 0.263 e. The Morgan fingerprint density at radius 2 is 1.86 bits per heavy atom. The molecule has 0 aliphatic heterocycles. The van der Waals surface area contributed by atoms with E-state index in [9.17, 15) is 9.59 Å². The highest BCUT2D eigenvalue weighted by molar-refractivity contribution is 7.17. The normalized spacial score (nSPS) is 12.1. The molecule has 2 aromatic heterocycles. The maximum atomic E-state index is 13.2. The molecular formula is C21H16ClN3O2S. The van der Waals surface area contributed by atoms with Gasteiger partial charge in [0.1, 0.15) is 10.9 Å². The Balaban J connectivity index is 1.73. The molecule has 0 saturated heterocycles. The van der Waals surface area contributed by atoms with Crippen molar-refractivity contribution in [2.45, 2.75) is 13.0 Å². The first kappa shape index (κ1) is 18.4. The molecule has 4 aromatic rings. The summed E-state index contributed by atoms with van der Waals surface area (Å²) in [6.45, 7) is 1.68. The summed E-state index contributed by atoms with van der Waals surface area (Å²) in [5.74, 6) is -0.280. The van der Waals surface area contributed by atoms with E-state index in [-0.39, 0.29) is 11.5 Å². The van der Waals surface area contributed by atoms with Crippen LogP contribution in [0.25, 0.3) is 21.3 Å². The maximum absolute atomic E-state index is 13.2. The van der Waals surface area contributed by atoms with Gasteiger partial charge < -0.3 is 5.32 Å². The number of benzene rings is 2. The number of fused-ring (bicyclic) bond motifs is 1. The van der Waals surface area contributed by atoms with Crippen LogP contribution in [0.1, 0.15) is 13.0 Å².